The molecule has 0 radical (unpaired) electrons. The zero-order valence-corrected chi connectivity index (χ0v) is 9.90. The number of nitro groups is 1. The highest BCUT2D eigenvalue weighted by atomic mass is 32.2. The molecular formula is C10H14N2O3S. The molecule has 0 N–H and O–H groups in total. The SMILES string of the molecule is CCCCC[S+]([O-])c1ncccc1[N+](=O)[O-]. The molecule has 1 atom stereocenters. The van der Waals surface area contributed by atoms with Gasteiger partial charge < -0.3 is 4.55 Å². The first-order chi connectivity index (χ1) is 7.66. The zero-order valence-electron chi connectivity index (χ0n) is 9.09. The van der Waals surface area contributed by atoms with E-state index in [4.69, 9.17) is 0 Å². The van der Waals surface area contributed by atoms with Gasteiger partial charge in [-0.2, -0.15) is 0 Å². The second kappa shape index (κ2) is 6.44. The molecule has 0 saturated carbocycles. The second-order valence-electron chi connectivity index (χ2n) is 3.34. The van der Waals surface area contributed by atoms with Gasteiger partial charge in [0, 0.05) is 23.4 Å². The van der Waals surface area contributed by atoms with Gasteiger partial charge in [0.15, 0.2) is 0 Å². The molecule has 1 unspecified atom stereocenters. The topological polar surface area (TPSA) is 79.1 Å². The van der Waals surface area contributed by atoms with E-state index in [-0.39, 0.29) is 10.7 Å². The van der Waals surface area contributed by atoms with Crippen LogP contribution < -0.4 is 0 Å². The number of rotatable bonds is 6. The van der Waals surface area contributed by atoms with E-state index in [0.717, 1.165) is 19.3 Å². The van der Waals surface area contributed by atoms with Gasteiger partial charge in [-0.1, -0.05) is 13.3 Å². The van der Waals surface area contributed by atoms with Gasteiger partial charge in [0.1, 0.15) is 5.75 Å². The first-order valence-corrected chi connectivity index (χ1v) is 6.46. The van der Waals surface area contributed by atoms with Crippen molar-refractivity contribution in [3.05, 3.63) is 28.4 Å². The van der Waals surface area contributed by atoms with Gasteiger partial charge in [-0.25, -0.2) is 4.98 Å². The molecule has 6 heteroatoms. The van der Waals surface area contributed by atoms with Gasteiger partial charge in [0.25, 0.3) is 0 Å². The van der Waals surface area contributed by atoms with Crippen LogP contribution in [-0.4, -0.2) is 20.2 Å². The minimum Gasteiger partial charge on any atom is -0.610 e. The van der Waals surface area contributed by atoms with E-state index in [1.54, 1.807) is 0 Å². The van der Waals surface area contributed by atoms with E-state index in [9.17, 15) is 14.7 Å². The number of pyridine rings is 1. The van der Waals surface area contributed by atoms with Crippen molar-refractivity contribution in [2.75, 3.05) is 5.75 Å². The summed E-state index contributed by atoms with van der Waals surface area (Å²) in [6.45, 7) is 2.05. The Morgan fingerprint density at radius 2 is 2.25 bits per heavy atom. The molecule has 16 heavy (non-hydrogen) atoms. The molecule has 88 valence electrons. The maximum absolute atomic E-state index is 11.8. The highest BCUT2D eigenvalue weighted by Crippen LogP contribution is 2.22. The monoisotopic (exact) mass is 242 g/mol. The summed E-state index contributed by atoms with van der Waals surface area (Å²) < 4.78 is 11.8. The molecule has 0 saturated heterocycles. The molecule has 0 fully saturated rings. The number of hydrogen-bond acceptors (Lipinski definition) is 4. The van der Waals surface area contributed by atoms with E-state index in [2.05, 4.69) is 4.98 Å². The lowest BCUT2D eigenvalue weighted by Crippen LogP contribution is -2.11. The van der Waals surface area contributed by atoms with Gasteiger partial charge >= 0.3 is 10.7 Å². The minimum atomic E-state index is -1.37. The molecule has 0 amide bonds. The molecule has 0 spiro atoms. The fourth-order valence-corrected chi connectivity index (χ4v) is 2.49. The lowest BCUT2D eigenvalue weighted by molar-refractivity contribution is -0.388. The number of unbranched alkanes of at least 4 members (excludes halogenated alkanes) is 2. The van der Waals surface area contributed by atoms with Crippen molar-refractivity contribution in [1.82, 2.24) is 4.98 Å². The number of aromatic nitrogens is 1. The van der Waals surface area contributed by atoms with Gasteiger partial charge in [0.2, 0.25) is 0 Å². The van der Waals surface area contributed by atoms with E-state index in [0.29, 0.717) is 5.75 Å². The summed E-state index contributed by atoms with van der Waals surface area (Å²) in [5.74, 6) is 0.436. The molecule has 1 aromatic heterocycles. The first kappa shape index (κ1) is 12.9. The van der Waals surface area contributed by atoms with Crippen LogP contribution in [-0.2, 0) is 11.2 Å². The van der Waals surface area contributed by atoms with E-state index in [1.165, 1.54) is 18.3 Å². The molecule has 1 aromatic rings. The molecule has 1 heterocycles. The van der Waals surface area contributed by atoms with Crippen molar-refractivity contribution in [2.45, 2.75) is 31.2 Å². The third-order valence-electron chi connectivity index (χ3n) is 2.10. The molecule has 0 bridgehead atoms. The molecule has 0 aliphatic heterocycles. The quantitative estimate of drug-likeness (QED) is 0.332. The van der Waals surface area contributed by atoms with Crippen molar-refractivity contribution in [2.24, 2.45) is 0 Å². The largest absolute Gasteiger partial charge is 0.610 e. The summed E-state index contributed by atoms with van der Waals surface area (Å²) in [4.78, 5) is 14.0. The van der Waals surface area contributed by atoms with Crippen molar-refractivity contribution >= 4 is 16.9 Å². The van der Waals surface area contributed by atoms with Crippen molar-refractivity contribution < 1.29 is 9.48 Å². The maximum Gasteiger partial charge on any atom is 0.343 e. The summed E-state index contributed by atoms with van der Waals surface area (Å²) in [6, 6.07) is 2.81. The van der Waals surface area contributed by atoms with E-state index >= 15 is 0 Å². The fourth-order valence-electron chi connectivity index (χ4n) is 1.28. The maximum atomic E-state index is 11.8. The smallest absolute Gasteiger partial charge is 0.343 e. The van der Waals surface area contributed by atoms with Crippen LogP contribution >= 0.6 is 0 Å². The van der Waals surface area contributed by atoms with Crippen LogP contribution in [0.15, 0.2) is 23.4 Å². The normalized spacial score (nSPS) is 12.4. The summed E-state index contributed by atoms with van der Waals surface area (Å²) in [5.41, 5.74) is -0.155. The number of hydrogen-bond donors (Lipinski definition) is 0. The third-order valence-corrected chi connectivity index (χ3v) is 3.50. The summed E-state index contributed by atoms with van der Waals surface area (Å²) >= 11 is -1.37. The lowest BCUT2D eigenvalue weighted by atomic mass is 10.3. The van der Waals surface area contributed by atoms with Gasteiger partial charge in [-0.15, -0.1) is 0 Å². The Labute approximate surface area is 97.2 Å². The fraction of sp³-hybridized carbons (Fsp3) is 0.500. The molecule has 1 rings (SSSR count). The molecule has 0 aliphatic rings. The Morgan fingerprint density at radius 1 is 1.50 bits per heavy atom. The highest BCUT2D eigenvalue weighted by Gasteiger charge is 2.25. The van der Waals surface area contributed by atoms with Crippen LogP contribution in [0.3, 0.4) is 0 Å². The van der Waals surface area contributed by atoms with Crippen LogP contribution in [0.25, 0.3) is 0 Å². The summed E-state index contributed by atoms with van der Waals surface area (Å²) in [6.07, 6.45) is 4.24. The molecule has 0 aliphatic carbocycles. The van der Waals surface area contributed by atoms with Crippen molar-refractivity contribution in [3.8, 4) is 0 Å². The Kier molecular flexibility index (Phi) is 5.21. The molecule has 0 aromatic carbocycles. The predicted molar refractivity (Wildman–Crippen MR) is 61.7 cm³/mol. The number of nitrogens with zero attached hydrogens (tertiary/aromatic N) is 2. The third kappa shape index (κ3) is 3.46. The zero-order chi connectivity index (χ0) is 12.0. The summed E-state index contributed by atoms with van der Waals surface area (Å²) in [7, 11) is 0. The Bertz CT molecular complexity index is 360. The van der Waals surface area contributed by atoms with Gasteiger partial charge in [-0.3, -0.25) is 10.1 Å². The van der Waals surface area contributed by atoms with Crippen LogP contribution in [0.4, 0.5) is 5.69 Å². The van der Waals surface area contributed by atoms with E-state index < -0.39 is 16.1 Å². The molecule has 5 nitrogen and oxygen atoms in total. The predicted octanol–water partition coefficient (Wildman–Crippen LogP) is 2.29. The first-order valence-electron chi connectivity index (χ1n) is 5.14. The summed E-state index contributed by atoms with van der Waals surface area (Å²) in [5, 5.41) is 10.8. The Hall–Kier alpha value is -1.14. The Morgan fingerprint density at radius 3 is 2.88 bits per heavy atom. The minimum absolute atomic E-state index is 0.0867. The van der Waals surface area contributed by atoms with Crippen molar-refractivity contribution in [3.63, 3.8) is 0 Å². The average Bonchev–Trinajstić information content (AvgIpc) is 2.29. The van der Waals surface area contributed by atoms with Crippen LogP contribution in [0.1, 0.15) is 26.2 Å². The highest BCUT2D eigenvalue weighted by molar-refractivity contribution is 7.91. The molecular weight excluding hydrogens is 228 g/mol. The lowest BCUT2D eigenvalue weighted by Gasteiger charge is -2.08. The van der Waals surface area contributed by atoms with Crippen LogP contribution in [0, 0.1) is 10.1 Å². The van der Waals surface area contributed by atoms with E-state index in [1.807, 2.05) is 6.92 Å². The standard InChI is InChI=1S/C10H14N2O3S/c1-2-3-4-8-16(15)10-9(12(13)14)6-5-7-11-10/h5-7H,2-4,8H2,1H3. The second-order valence-corrected chi connectivity index (χ2v) is 4.83. The van der Waals surface area contributed by atoms with Crippen LogP contribution in [0.2, 0.25) is 0 Å². The van der Waals surface area contributed by atoms with Gasteiger partial charge in [0.05, 0.1) is 4.92 Å². The average molecular weight is 242 g/mol. The van der Waals surface area contributed by atoms with Crippen LogP contribution in [0.5, 0.6) is 0 Å². The van der Waals surface area contributed by atoms with Gasteiger partial charge in [-0.05, 0) is 18.9 Å². The van der Waals surface area contributed by atoms with Crippen molar-refractivity contribution in [1.29, 1.82) is 0 Å². The Balaban J connectivity index is 2.74.